The number of thiazole rings is 1. The monoisotopic (exact) mass is 183 g/mol. The predicted octanol–water partition coefficient (Wildman–Crippen LogP) is 0.928. The lowest BCUT2D eigenvalue weighted by molar-refractivity contribution is 0.602. The van der Waals surface area contributed by atoms with Gasteiger partial charge in [-0.1, -0.05) is 0 Å². The molecule has 1 saturated heterocycles. The molecule has 0 amide bonds. The molecule has 1 unspecified atom stereocenters. The van der Waals surface area contributed by atoms with Crippen molar-refractivity contribution in [3.8, 4) is 0 Å². The number of hydrogen-bond donors (Lipinski definition) is 1. The third kappa shape index (κ3) is 1.44. The van der Waals surface area contributed by atoms with Crippen molar-refractivity contribution < 1.29 is 0 Å². The van der Waals surface area contributed by atoms with Gasteiger partial charge in [-0.25, -0.2) is 4.98 Å². The van der Waals surface area contributed by atoms with Crippen molar-refractivity contribution in [1.29, 1.82) is 0 Å². The topological polar surface area (TPSA) is 42.1 Å². The Kier molecular flexibility index (Phi) is 2.28. The second kappa shape index (κ2) is 3.41. The molecule has 0 spiro atoms. The predicted molar refractivity (Wildman–Crippen MR) is 51.5 cm³/mol. The normalized spacial score (nSPS) is 23.4. The van der Waals surface area contributed by atoms with Crippen LogP contribution in [0.2, 0.25) is 0 Å². The Balaban J connectivity index is 2.00. The Hall–Kier alpha value is -0.610. The van der Waals surface area contributed by atoms with Crippen molar-refractivity contribution in [2.24, 2.45) is 11.7 Å². The summed E-state index contributed by atoms with van der Waals surface area (Å²) in [4.78, 5) is 6.59. The van der Waals surface area contributed by atoms with Crippen LogP contribution in [0, 0.1) is 5.92 Å². The van der Waals surface area contributed by atoms with Gasteiger partial charge >= 0.3 is 0 Å². The van der Waals surface area contributed by atoms with Crippen LogP contribution in [0.5, 0.6) is 0 Å². The summed E-state index contributed by atoms with van der Waals surface area (Å²) in [6, 6.07) is 0. The summed E-state index contributed by atoms with van der Waals surface area (Å²) in [5, 5.41) is 3.16. The van der Waals surface area contributed by atoms with E-state index in [-0.39, 0.29) is 0 Å². The van der Waals surface area contributed by atoms with Gasteiger partial charge in [0.15, 0.2) is 5.13 Å². The summed E-state index contributed by atoms with van der Waals surface area (Å²) < 4.78 is 0. The number of nitrogens with two attached hydrogens (primary N) is 1. The summed E-state index contributed by atoms with van der Waals surface area (Å²) in [5.41, 5.74) is 5.61. The molecule has 1 aromatic rings. The summed E-state index contributed by atoms with van der Waals surface area (Å²) in [5.74, 6) is 0.675. The zero-order valence-corrected chi connectivity index (χ0v) is 7.76. The molecule has 1 fully saturated rings. The van der Waals surface area contributed by atoms with Crippen molar-refractivity contribution >= 4 is 16.5 Å². The molecule has 0 radical (unpaired) electrons. The maximum atomic E-state index is 5.61. The number of aromatic nitrogens is 1. The van der Waals surface area contributed by atoms with Gasteiger partial charge in [-0.15, -0.1) is 11.3 Å². The second-order valence-electron chi connectivity index (χ2n) is 3.15. The van der Waals surface area contributed by atoms with Crippen molar-refractivity contribution in [2.75, 3.05) is 24.5 Å². The second-order valence-corrected chi connectivity index (χ2v) is 4.02. The van der Waals surface area contributed by atoms with Gasteiger partial charge in [0, 0.05) is 24.7 Å². The van der Waals surface area contributed by atoms with Crippen LogP contribution in [0.4, 0.5) is 5.13 Å². The molecule has 2 N–H and O–H groups in total. The fraction of sp³-hybridized carbons (Fsp3) is 0.625. The van der Waals surface area contributed by atoms with Crippen LogP contribution in [0.1, 0.15) is 6.42 Å². The molecule has 0 bridgehead atoms. The number of rotatable bonds is 2. The van der Waals surface area contributed by atoms with Crippen molar-refractivity contribution in [3.63, 3.8) is 0 Å². The van der Waals surface area contributed by atoms with E-state index in [4.69, 9.17) is 5.73 Å². The molecule has 1 aliphatic rings. The molecular weight excluding hydrogens is 170 g/mol. The van der Waals surface area contributed by atoms with E-state index >= 15 is 0 Å². The number of anilines is 1. The lowest BCUT2D eigenvalue weighted by Gasteiger charge is -2.13. The molecule has 1 aliphatic heterocycles. The van der Waals surface area contributed by atoms with Gasteiger partial charge < -0.3 is 10.6 Å². The largest absolute Gasteiger partial charge is 0.348 e. The van der Waals surface area contributed by atoms with Crippen LogP contribution in [-0.2, 0) is 0 Å². The average molecular weight is 183 g/mol. The molecule has 2 rings (SSSR count). The van der Waals surface area contributed by atoms with E-state index in [0.717, 1.165) is 24.8 Å². The quantitative estimate of drug-likeness (QED) is 0.741. The first kappa shape index (κ1) is 8.01. The van der Waals surface area contributed by atoms with E-state index in [1.165, 1.54) is 6.42 Å². The maximum Gasteiger partial charge on any atom is 0.185 e. The van der Waals surface area contributed by atoms with Crippen molar-refractivity contribution in [1.82, 2.24) is 4.98 Å². The Labute approximate surface area is 76.2 Å². The minimum atomic E-state index is 0.675. The van der Waals surface area contributed by atoms with E-state index in [1.54, 1.807) is 11.3 Å². The van der Waals surface area contributed by atoms with Crippen LogP contribution in [0.25, 0.3) is 0 Å². The van der Waals surface area contributed by atoms with Crippen molar-refractivity contribution in [2.45, 2.75) is 6.42 Å². The summed E-state index contributed by atoms with van der Waals surface area (Å²) >= 11 is 1.71. The first-order valence-corrected chi connectivity index (χ1v) is 5.12. The zero-order valence-electron chi connectivity index (χ0n) is 6.94. The zero-order chi connectivity index (χ0) is 8.39. The van der Waals surface area contributed by atoms with Crippen LogP contribution < -0.4 is 10.6 Å². The highest BCUT2D eigenvalue weighted by atomic mass is 32.1. The van der Waals surface area contributed by atoms with Gasteiger partial charge in [0.2, 0.25) is 0 Å². The van der Waals surface area contributed by atoms with E-state index in [2.05, 4.69) is 9.88 Å². The molecule has 0 aliphatic carbocycles. The molecule has 3 nitrogen and oxygen atoms in total. The maximum absolute atomic E-state index is 5.61. The number of nitrogens with zero attached hydrogens (tertiary/aromatic N) is 2. The highest BCUT2D eigenvalue weighted by Crippen LogP contribution is 2.24. The SMILES string of the molecule is NCC1CCN(c2nccs2)C1. The van der Waals surface area contributed by atoms with Crippen LogP contribution >= 0.6 is 11.3 Å². The molecule has 4 heteroatoms. The number of hydrogen-bond acceptors (Lipinski definition) is 4. The molecule has 2 heterocycles. The van der Waals surface area contributed by atoms with E-state index in [0.29, 0.717) is 5.92 Å². The van der Waals surface area contributed by atoms with Crippen LogP contribution in [0.15, 0.2) is 11.6 Å². The van der Waals surface area contributed by atoms with Gasteiger partial charge in [-0.05, 0) is 18.9 Å². The smallest absolute Gasteiger partial charge is 0.185 e. The standard InChI is InChI=1S/C8H13N3S/c9-5-7-1-3-11(6-7)8-10-2-4-12-8/h2,4,7H,1,3,5-6,9H2. The summed E-state index contributed by atoms with van der Waals surface area (Å²) in [6.45, 7) is 3.02. The average Bonchev–Trinajstić information content (AvgIpc) is 2.75. The summed E-state index contributed by atoms with van der Waals surface area (Å²) in [7, 11) is 0. The molecule has 1 atom stereocenters. The van der Waals surface area contributed by atoms with Crippen LogP contribution in [-0.4, -0.2) is 24.6 Å². The molecule has 1 aromatic heterocycles. The van der Waals surface area contributed by atoms with E-state index in [9.17, 15) is 0 Å². The Morgan fingerprint density at radius 1 is 1.75 bits per heavy atom. The third-order valence-corrected chi connectivity index (χ3v) is 3.14. The van der Waals surface area contributed by atoms with E-state index < -0.39 is 0 Å². The first-order chi connectivity index (χ1) is 5.90. The Bertz CT molecular complexity index is 234. The van der Waals surface area contributed by atoms with E-state index in [1.807, 2.05) is 11.6 Å². The van der Waals surface area contributed by atoms with Crippen molar-refractivity contribution in [3.05, 3.63) is 11.6 Å². The van der Waals surface area contributed by atoms with Gasteiger partial charge in [-0.3, -0.25) is 0 Å². The molecule has 0 saturated carbocycles. The fourth-order valence-corrected chi connectivity index (χ4v) is 2.25. The first-order valence-electron chi connectivity index (χ1n) is 4.24. The van der Waals surface area contributed by atoms with Gasteiger partial charge in [0.1, 0.15) is 0 Å². The van der Waals surface area contributed by atoms with Gasteiger partial charge in [0.25, 0.3) is 0 Å². The highest BCUT2D eigenvalue weighted by molar-refractivity contribution is 7.13. The Morgan fingerprint density at radius 3 is 3.25 bits per heavy atom. The molecule has 0 aromatic carbocycles. The lowest BCUT2D eigenvalue weighted by atomic mass is 10.1. The third-order valence-electron chi connectivity index (χ3n) is 2.31. The summed E-state index contributed by atoms with van der Waals surface area (Å²) in [6.07, 6.45) is 3.08. The molecular formula is C8H13N3S. The lowest BCUT2D eigenvalue weighted by Crippen LogP contribution is -2.22. The van der Waals surface area contributed by atoms with Gasteiger partial charge in [-0.2, -0.15) is 0 Å². The van der Waals surface area contributed by atoms with Crippen LogP contribution in [0.3, 0.4) is 0 Å². The molecule has 66 valence electrons. The minimum Gasteiger partial charge on any atom is -0.348 e. The highest BCUT2D eigenvalue weighted by Gasteiger charge is 2.22. The minimum absolute atomic E-state index is 0.675. The fourth-order valence-electron chi connectivity index (χ4n) is 1.57. The Morgan fingerprint density at radius 2 is 2.67 bits per heavy atom. The molecule has 12 heavy (non-hydrogen) atoms. The van der Waals surface area contributed by atoms with Gasteiger partial charge in [0.05, 0.1) is 0 Å².